The van der Waals surface area contributed by atoms with Crippen molar-refractivity contribution in [3.8, 4) is 0 Å². The first-order valence-corrected chi connectivity index (χ1v) is 18.5. The first kappa shape index (κ1) is 20.6. The van der Waals surface area contributed by atoms with Crippen LogP contribution in [0, 0.1) is 0 Å². The van der Waals surface area contributed by atoms with Gasteiger partial charge in [-0.3, -0.25) is 0 Å². The van der Waals surface area contributed by atoms with Crippen LogP contribution >= 0.6 is 11.3 Å². The van der Waals surface area contributed by atoms with Gasteiger partial charge in [-0.1, -0.05) is 0 Å². The molecule has 0 saturated carbocycles. The fourth-order valence-electron chi connectivity index (χ4n) is 3.86. The molecule has 1 aliphatic heterocycles. The number of thiophene rings is 1. The summed E-state index contributed by atoms with van der Waals surface area (Å²) in [7, 11) is 0. The minimum atomic E-state index is -2.21. The van der Waals surface area contributed by atoms with Crippen molar-refractivity contribution in [2.24, 2.45) is 0 Å². The van der Waals surface area contributed by atoms with Crippen LogP contribution in [0.3, 0.4) is 0 Å². The summed E-state index contributed by atoms with van der Waals surface area (Å²) in [6.45, 7) is 11.0. The fraction of sp³-hybridized carbons (Fsp3) is 0.800. The zero-order valence-electron chi connectivity index (χ0n) is 16.1. The van der Waals surface area contributed by atoms with Crippen LogP contribution in [-0.2, 0) is 4.74 Å². The normalized spacial score (nSPS) is 15.9. The zero-order valence-corrected chi connectivity index (χ0v) is 19.8. The molecule has 24 heavy (non-hydrogen) atoms. The molecule has 0 aliphatic carbocycles. The number of morpholine rings is 1. The van der Waals surface area contributed by atoms with E-state index in [1.165, 1.54) is 43.5 Å². The van der Waals surface area contributed by atoms with Crippen molar-refractivity contribution < 1.29 is 4.74 Å². The van der Waals surface area contributed by atoms with E-state index < -0.39 is 18.4 Å². The number of rotatable bonds is 11. The van der Waals surface area contributed by atoms with Crippen LogP contribution < -0.4 is 7.79 Å². The Balaban J connectivity index is 2.20. The van der Waals surface area contributed by atoms with E-state index in [0.29, 0.717) is 0 Å². The van der Waals surface area contributed by atoms with E-state index >= 15 is 0 Å². The molecule has 1 saturated heterocycles. The van der Waals surface area contributed by atoms with Crippen LogP contribution in [0.2, 0.25) is 13.3 Å². The summed E-state index contributed by atoms with van der Waals surface area (Å²) in [6.07, 6.45) is 8.44. The van der Waals surface area contributed by atoms with Gasteiger partial charge in [0, 0.05) is 0 Å². The molecule has 4 heteroatoms. The van der Waals surface area contributed by atoms with Gasteiger partial charge in [0.15, 0.2) is 0 Å². The third-order valence-electron chi connectivity index (χ3n) is 5.46. The third kappa shape index (κ3) is 5.63. The Hall–Kier alpha value is 0.259. The van der Waals surface area contributed by atoms with Crippen molar-refractivity contribution in [2.45, 2.75) is 72.6 Å². The summed E-state index contributed by atoms with van der Waals surface area (Å²) in [5, 5.41) is 1.51. The number of hydrogen-bond acceptors (Lipinski definition) is 3. The van der Waals surface area contributed by atoms with Gasteiger partial charge in [0.25, 0.3) is 0 Å². The van der Waals surface area contributed by atoms with Gasteiger partial charge >= 0.3 is 158 Å². The van der Waals surface area contributed by atoms with E-state index in [1.807, 2.05) is 2.89 Å². The standard InChI is InChI=1S/C8H10NOS.3C4H9.Sn/c1-2-8(11-7-1)9-3-5-10-6-4-9;3*1-3-4-2;/h1-2H,3-6H2;3*1,3-4H2,2H3;. The van der Waals surface area contributed by atoms with Crippen molar-refractivity contribution in [1.29, 1.82) is 0 Å². The van der Waals surface area contributed by atoms with Gasteiger partial charge in [-0.05, 0) is 0 Å². The second kappa shape index (κ2) is 11.1. The molecular formula is C20H37NOSSn. The monoisotopic (exact) mass is 459 g/mol. The van der Waals surface area contributed by atoms with Crippen LogP contribution in [-0.4, -0.2) is 44.7 Å². The molecule has 0 unspecified atom stereocenters. The Morgan fingerprint density at radius 2 is 1.46 bits per heavy atom. The van der Waals surface area contributed by atoms with Crippen LogP contribution in [0.1, 0.15) is 59.3 Å². The maximum absolute atomic E-state index is 5.53. The van der Waals surface area contributed by atoms with Gasteiger partial charge in [-0.15, -0.1) is 0 Å². The molecule has 1 aliphatic rings. The molecule has 2 heterocycles. The average Bonchev–Trinajstić information content (AvgIpc) is 3.13. The first-order chi connectivity index (χ1) is 11.8. The quantitative estimate of drug-likeness (QED) is 0.398. The molecule has 1 aromatic rings. The Bertz CT molecular complexity index is 434. The van der Waals surface area contributed by atoms with E-state index in [0.717, 1.165) is 26.3 Å². The number of hydrogen-bond donors (Lipinski definition) is 0. The van der Waals surface area contributed by atoms with Crippen molar-refractivity contribution in [3.05, 3.63) is 12.1 Å². The summed E-state index contributed by atoms with van der Waals surface area (Å²) in [6, 6.07) is 4.98. The summed E-state index contributed by atoms with van der Waals surface area (Å²) in [5.74, 6) is 0. The van der Waals surface area contributed by atoms with Gasteiger partial charge in [0.1, 0.15) is 0 Å². The van der Waals surface area contributed by atoms with Crippen LogP contribution in [0.4, 0.5) is 5.00 Å². The van der Waals surface area contributed by atoms with E-state index in [4.69, 9.17) is 4.74 Å². The molecule has 0 aromatic carbocycles. The van der Waals surface area contributed by atoms with Gasteiger partial charge < -0.3 is 0 Å². The molecule has 0 spiro atoms. The Morgan fingerprint density at radius 1 is 0.917 bits per heavy atom. The van der Waals surface area contributed by atoms with Crippen LogP contribution in [0.15, 0.2) is 12.1 Å². The van der Waals surface area contributed by atoms with Crippen molar-refractivity contribution >= 4 is 37.6 Å². The average molecular weight is 458 g/mol. The molecule has 138 valence electrons. The molecule has 2 nitrogen and oxygen atoms in total. The first-order valence-electron chi connectivity index (χ1n) is 10.2. The topological polar surface area (TPSA) is 12.5 Å². The molecule has 1 aromatic heterocycles. The summed E-state index contributed by atoms with van der Waals surface area (Å²) >= 11 is -0.0485. The molecule has 0 radical (unpaired) electrons. The summed E-state index contributed by atoms with van der Waals surface area (Å²) < 4.78 is 12.1. The number of unbranched alkanes of at least 4 members (excludes halogenated alkanes) is 3. The summed E-state index contributed by atoms with van der Waals surface area (Å²) in [4.78, 5) is 2.55. The van der Waals surface area contributed by atoms with Crippen molar-refractivity contribution in [3.63, 3.8) is 0 Å². The minimum absolute atomic E-state index is 0.892. The SMILES string of the molecule is CCC[CH2][Sn]([CH2]CCC)([CH2]CCC)[c]1ccc(N2CCOCC2)s1. The Labute approximate surface area is 157 Å². The van der Waals surface area contributed by atoms with Crippen LogP contribution in [0.25, 0.3) is 0 Å². The molecule has 2 rings (SSSR count). The fourth-order valence-corrected chi connectivity index (χ4v) is 24.0. The molecule has 1 fully saturated rings. The zero-order chi connectivity index (χ0) is 17.3. The van der Waals surface area contributed by atoms with E-state index in [2.05, 4.69) is 49.1 Å². The van der Waals surface area contributed by atoms with Gasteiger partial charge in [-0.2, -0.15) is 0 Å². The number of ether oxygens (including phenoxy) is 1. The Morgan fingerprint density at radius 3 is 1.96 bits per heavy atom. The molecule has 0 atom stereocenters. The second-order valence-corrected chi connectivity index (χ2v) is 22.6. The summed E-state index contributed by atoms with van der Waals surface area (Å²) in [5.41, 5.74) is 0. The third-order valence-corrected chi connectivity index (χ3v) is 24.9. The Kier molecular flexibility index (Phi) is 9.49. The molecule has 0 N–H and O–H groups in total. The van der Waals surface area contributed by atoms with Gasteiger partial charge in [0.05, 0.1) is 0 Å². The number of anilines is 1. The van der Waals surface area contributed by atoms with E-state index in [9.17, 15) is 0 Å². The number of nitrogens with zero attached hydrogens (tertiary/aromatic N) is 1. The van der Waals surface area contributed by atoms with Gasteiger partial charge in [0.2, 0.25) is 0 Å². The predicted octanol–water partition coefficient (Wildman–Crippen LogP) is 5.64. The van der Waals surface area contributed by atoms with E-state index in [1.54, 1.807) is 13.3 Å². The van der Waals surface area contributed by atoms with Crippen LogP contribution in [0.5, 0.6) is 0 Å². The molecular weight excluding hydrogens is 421 g/mol. The van der Waals surface area contributed by atoms with Crippen molar-refractivity contribution in [2.75, 3.05) is 31.2 Å². The van der Waals surface area contributed by atoms with Gasteiger partial charge in [-0.25, -0.2) is 0 Å². The predicted molar refractivity (Wildman–Crippen MR) is 112 cm³/mol. The van der Waals surface area contributed by atoms with Crippen molar-refractivity contribution in [1.82, 2.24) is 0 Å². The molecule has 0 amide bonds. The second-order valence-electron chi connectivity index (χ2n) is 7.33. The molecule has 0 bridgehead atoms. The maximum atomic E-state index is 5.53. The van der Waals surface area contributed by atoms with E-state index in [-0.39, 0.29) is 0 Å².